The molecule has 3 aromatic rings. The third-order valence-corrected chi connectivity index (χ3v) is 13.2. The number of aliphatic hydroxyl groups is 3. The fraction of sp³-hybridized carbons (Fsp3) is 0.679. The van der Waals surface area contributed by atoms with Crippen LogP contribution in [0, 0.1) is 11.8 Å². The van der Waals surface area contributed by atoms with Gasteiger partial charge in [0.05, 0.1) is 70.8 Å². The molecule has 2 aliphatic carbocycles. The first kappa shape index (κ1) is 60.4. The molecule has 414 valence electrons. The minimum atomic E-state index is -0.897. The highest BCUT2D eigenvalue weighted by Gasteiger charge is 2.36. The summed E-state index contributed by atoms with van der Waals surface area (Å²) in [5, 5.41) is 34.1. The highest BCUT2D eigenvalue weighted by atomic mass is 35.5. The Bertz CT molecular complexity index is 2190. The molecule has 0 spiro atoms. The van der Waals surface area contributed by atoms with Gasteiger partial charge < -0.3 is 75.7 Å². The van der Waals surface area contributed by atoms with Crippen molar-refractivity contribution in [2.24, 2.45) is 17.6 Å². The van der Waals surface area contributed by atoms with E-state index in [9.17, 15) is 24.9 Å². The highest BCUT2D eigenvalue weighted by molar-refractivity contribution is 6.29. The van der Waals surface area contributed by atoms with E-state index in [4.69, 9.17) is 42.3 Å². The summed E-state index contributed by atoms with van der Waals surface area (Å²) >= 11 is 6.03. The van der Waals surface area contributed by atoms with Gasteiger partial charge in [0.15, 0.2) is 0 Å². The molecule has 2 amide bonds. The van der Waals surface area contributed by atoms with Crippen LogP contribution < -0.4 is 31.5 Å². The number of amides is 2. The number of nitrogens with two attached hydrogens (primary N) is 2. The molecular formula is C53H87ClN12O8. The Morgan fingerprint density at radius 1 is 0.608 bits per heavy atom. The number of morpholine rings is 3. The van der Waals surface area contributed by atoms with E-state index in [0.717, 1.165) is 92.6 Å². The minimum Gasteiger partial charge on any atom is -0.388 e. The Morgan fingerprint density at radius 3 is 1.32 bits per heavy atom. The smallest absolute Gasteiger partial charge is 0.228 e. The predicted octanol–water partition coefficient (Wildman–Crippen LogP) is 3.82. The van der Waals surface area contributed by atoms with Gasteiger partial charge in [-0.1, -0.05) is 11.6 Å². The Hall–Kier alpha value is -4.48. The molecule has 20 nitrogen and oxygen atoms in total. The average Bonchev–Trinajstić information content (AvgIpc) is 4.24. The molecule has 2 saturated carbocycles. The topological polar surface area (TPSA) is 245 Å². The first-order valence-corrected chi connectivity index (χ1v) is 26.2. The summed E-state index contributed by atoms with van der Waals surface area (Å²) in [6, 6.07) is 11.5. The van der Waals surface area contributed by atoms with E-state index < -0.39 is 16.8 Å². The molecular weight excluding hydrogens is 968 g/mol. The van der Waals surface area contributed by atoms with Crippen molar-refractivity contribution >= 4 is 52.1 Å². The standard InChI is InChI=1S/C19H30N4O3.C15H24ClN3O2.C15H26N4O2.C4H7NO/c1-19(2,25)16-12-23(9-10-26-16)15-7-8-17(20-14(15)11-22(3)4)21-18(24)13-5-6-13;2*1-15(2,20)13-10-19(7-8-21-13)12-5-6-14(16)17-11(12)9-18(3)4;5-4(6)3-1-2-3/h7-8,13,16,25H,5-6,9-12H2,1-4H3,(H,20,21,24);5-6,13,20H,7-10H2,1-4H3;5-6,13,20H,7-10H2,1-4H3,(H2,16,17);3H,1-2H2,(H2,5,6). The molecule has 3 atom stereocenters. The molecule has 5 fully saturated rings. The quantitative estimate of drug-likeness (QED) is 0.119. The number of aromatic nitrogens is 3. The molecule has 3 saturated heterocycles. The molecule has 0 radical (unpaired) electrons. The van der Waals surface area contributed by atoms with Crippen molar-refractivity contribution in [3.8, 4) is 0 Å². The number of carbonyl (C=O) groups is 2. The maximum Gasteiger partial charge on any atom is 0.228 e. The monoisotopic (exact) mass is 1050 g/mol. The van der Waals surface area contributed by atoms with Crippen molar-refractivity contribution in [1.29, 1.82) is 0 Å². The molecule has 8 rings (SSSR count). The zero-order valence-electron chi connectivity index (χ0n) is 46.1. The number of ether oxygens (including phenoxy) is 3. The molecule has 3 aliphatic heterocycles. The van der Waals surface area contributed by atoms with E-state index in [-0.39, 0.29) is 42.0 Å². The number of nitrogens with zero attached hydrogens (tertiary/aromatic N) is 9. The van der Waals surface area contributed by atoms with Gasteiger partial charge in [-0.25, -0.2) is 15.0 Å². The second-order valence-corrected chi connectivity index (χ2v) is 22.9. The predicted molar refractivity (Wildman–Crippen MR) is 292 cm³/mol. The van der Waals surface area contributed by atoms with E-state index in [0.29, 0.717) is 62.8 Å². The number of anilines is 5. The van der Waals surface area contributed by atoms with Gasteiger partial charge in [-0.05, 0) is 146 Å². The maximum atomic E-state index is 12.0. The summed E-state index contributed by atoms with van der Waals surface area (Å²) in [7, 11) is 12.0. The van der Waals surface area contributed by atoms with Gasteiger partial charge in [-0.15, -0.1) is 0 Å². The number of rotatable bonds is 15. The lowest BCUT2D eigenvalue weighted by molar-refractivity contribution is -0.119. The van der Waals surface area contributed by atoms with Gasteiger partial charge in [-0.2, -0.15) is 0 Å². The van der Waals surface area contributed by atoms with E-state index in [1.54, 1.807) is 41.5 Å². The molecule has 0 aromatic carbocycles. The van der Waals surface area contributed by atoms with E-state index in [1.165, 1.54) is 0 Å². The number of pyridine rings is 3. The fourth-order valence-corrected chi connectivity index (χ4v) is 8.65. The van der Waals surface area contributed by atoms with Crippen molar-refractivity contribution in [3.63, 3.8) is 0 Å². The van der Waals surface area contributed by atoms with Crippen LogP contribution >= 0.6 is 11.6 Å². The molecule has 3 unspecified atom stereocenters. The highest BCUT2D eigenvalue weighted by Crippen LogP contribution is 2.33. The van der Waals surface area contributed by atoms with Crippen LogP contribution in [-0.2, 0) is 43.4 Å². The van der Waals surface area contributed by atoms with Crippen molar-refractivity contribution in [2.45, 2.75) is 122 Å². The number of primary amides is 1. The van der Waals surface area contributed by atoms with Crippen LogP contribution in [0.25, 0.3) is 0 Å². The number of carbonyl (C=O) groups excluding carboxylic acids is 2. The number of hydrogen-bond donors (Lipinski definition) is 6. The average molecular weight is 1060 g/mol. The minimum absolute atomic E-state index is 0.0644. The SMILES string of the molecule is CN(C)Cc1nc(Cl)ccc1N1CCOC(C(C)(C)O)C1.CN(C)Cc1nc(N)ccc1N1CCOC(C(C)(C)O)C1.CN(C)Cc1nc(NC(=O)C2CC2)ccc1N1CCOC(C(C)(C)O)C1.NC(=O)C1CC1. The van der Waals surface area contributed by atoms with Crippen LogP contribution in [0.15, 0.2) is 36.4 Å². The van der Waals surface area contributed by atoms with Gasteiger partial charge in [0.1, 0.15) is 35.1 Å². The summed E-state index contributed by atoms with van der Waals surface area (Å²) in [6.07, 6.45) is 3.31. The second kappa shape index (κ2) is 26.5. The normalized spacial score (nSPS) is 20.5. The first-order valence-electron chi connectivity index (χ1n) is 25.8. The second-order valence-electron chi connectivity index (χ2n) is 22.5. The molecule has 5 aliphatic rings. The number of nitrogens with one attached hydrogen (secondary N) is 1. The summed E-state index contributed by atoms with van der Waals surface area (Å²) in [5.74, 6) is 1.47. The van der Waals surface area contributed by atoms with Gasteiger partial charge in [0.2, 0.25) is 11.8 Å². The lowest BCUT2D eigenvalue weighted by Crippen LogP contribution is -2.52. The maximum absolute atomic E-state index is 12.0. The van der Waals surface area contributed by atoms with Gasteiger partial charge >= 0.3 is 0 Å². The number of nitrogen functional groups attached to an aromatic ring is 1. The summed E-state index contributed by atoms with van der Waals surface area (Å²) in [5.41, 5.74) is 14.0. The van der Waals surface area contributed by atoms with Crippen molar-refractivity contribution in [1.82, 2.24) is 29.7 Å². The van der Waals surface area contributed by atoms with Crippen LogP contribution in [0.3, 0.4) is 0 Å². The molecule has 74 heavy (non-hydrogen) atoms. The van der Waals surface area contributed by atoms with Crippen molar-refractivity contribution < 1.29 is 39.1 Å². The van der Waals surface area contributed by atoms with Gasteiger partial charge in [0, 0.05) is 70.7 Å². The first-order chi connectivity index (χ1) is 34.6. The third kappa shape index (κ3) is 19.3. The van der Waals surface area contributed by atoms with Crippen molar-refractivity contribution in [2.75, 3.05) is 127 Å². The van der Waals surface area contributed by atoms with E-state index in [1.807, 2.05) is 78.7 Å². The van der Waals surface area contributed by atoms with Crippen LogP contribution in [0.4, 0.5) is 28.7 Å². The van der Waals surface area contributed by atoms with Crippen LogP contribution in [0.1, 0.15) is 84.3 Å². The van der Waals surface area contributed by atoms with Crippen molar-refractivity contribution in [3.05, 3.63) is 58.6 Å². The molecule has 6 heterocycles. The summed E-state index contributed by atoms with van der Waals surface area (Å²) in [6.45, 7) is 18.8. The van der Waals surface area contributed by atoms with Crippen LogP contribution in [0.5, 0.6) is 0 Å². The Morgan fingerprint density at radius 2 is 0.973 bits per heavy atom. The Labute approximate surface area is 444 Å². The number of halogens is 1. The molecule has 3 aromatic heterocycles. The molecule has 21 heteroatoms. The molecule has 8 N–H and O–H groups in total. The lowest BCUT2D eigenvalue weighted by atomic mass is 10.00. The van der Waals surface area contributed by atoms with Gasteiger partial charge in [0.25, 0.3) is 0 Å². The van der Waals surface area contributed by atoms with E-state index in [2.05, 4.69) is 44.7 Å². The zero-order valence-corrected chi connectivity index (χ0v) is 46.9. The Balaban J connectivity index is 0.000000195. The largest absolute Gasteiger partial charge is 0.388 e. The summed E-state index contributed by atoms with van der Waals surface area (Å²) in [4.78, 5) is 48.5. The fourth-order valence-electron chi connectivity index (χ4n) is 8.48. The third-order valence-electron chi connectivity index (χ3n) is 13.0. The number of hydrogen-bond acceptors (Lipinski definition) is 18. The lowest BCUT2D eigenvalue weighted by Gasteiger charge is -2.40. The summed E-state index contributed by atoms with van der Waals surface area (Å²) < 4.78 is 17.1. The van der Waals surface area contributed by atoms with Crippen LogP contribution in [0.2, 0.25) is 5.15 Å². The van der Waals surface area contributed by atoms with Gasteiger partial charge in [-0.3, -0.25) is 9.59 Å². The van der Waals surface area contributed by atoms with Crippen LogP contribution in [-0.4, -0.2) is 193 Å². The molecule has 0 bridgehead atoms. The van der Waals surface area contributed by atoms with E-state index >= 15 is 0 Å². The zero-order chi connectivity index (χ0) is 54.7. The Kier molecular flexibility index (Phi) is 21.6.